The average Bonchev–Trinajstić information content (AvgIpc) is 2.45. The number of carbonyl (C=O) groups is 1. The van der Waals surface area contributed by atoms with Crippen LogP contribution in [0.2, 0.25) is 0 Å². The Balaban J connectivity index is 1.93. The highest BCUT2D eigenvalue weighted by Gasteiger charge is 2.08. The second-order valence-corrected chi connectivity index (χ2v) is 5.20. The SMILES string of the molecule is Cc1cc(C)c(CNC(=O)CCn2ccccc2=O)c(=O)[nH]1. The number of hydrogen-bond donors (Lipinski definition) is 2. The van der Waals surface area contributed by atoms with Crippen LogP contribution in [0.1, 0.15) is 23.2 Å². The van der Waals surface area contributed by atoms with Crippen LogP contribution < -0.4 is 16.4 Å². The lowest BCUT2D eigenvalue weighted by Crippen LogP contribution is -2.29. The molecule has 22 heavy (non-hydrogen) atoms. The molecule has 0 spiro atoms. The molecule has 2 aromatic rings. The largest absolute Gasteiger partial charge is 0.352 e. The van der Waals surface area contributed by atoms with Crippen LogP contribution in [0, 0.1) is 13.8 Å². The number of carbonyl (C=O) groups excluding carboxylic acids is 1. The standard InChI is InChI=1S/C16H19N3O3/c1-11-9-12(2)18-16(22)13(11)10-17-14(20)6-8-19-7-4-3-5-15(19)21/h3-5,7,9H,6,8,10H2,1-2H3,(H,17,20)(H,18,22). The molecular weight excluding hydrogens is 282 g/mol. The molecule has 2 aromatic heterocycles. The zero-order chi connectivity index (χ0) is 16.1. The van der Waals surface area contributed by atoms with E-state index in [1.807, 2.05) is 19.9 Å². The summed E-state index contributed by atoms with van der Waals surface area (Å²) in [6.45, 7) is 4.15. The predicted octanol–water partition coefficient (Wildman–Crippen LogP) is 0.860. The van der Waals surface area contributed by atoms with Gasteiger partial charge < -0.3 is 14.9 Å². The minimum absolute atomic E-state index is 0.138. The lowest BCUT2D eigenvalue weighted by atomic mass is 10.1. The molecule has 0 aliphatic rings. The lowest BCUT2D eigenvalue weighted by Gasteiger charge is -2.09. The molecule has 0 bridgehead atoms. The van der Waals surface area contributed by atoms with Gasteiger partial charge in [-0.15, -0.1) is 0 Å². The number of amides is 1. The van der Waals surface area contributed by atoms with Gasteiger partial charge in [0.1, 0.15) is 0 Å². The van der Waals surface area contributed by atoms with Crippen molar-refractivity contribution in [3.05, 3.63) is 68.0 Å². The topological polar surface area (TPSA) is 84.0 Å². The van der Waals surface area contributed by atoms with Crippen molar-refractivity contribution in [1.82, 2.24) is 14.9 Å². The first-order chi connectivity index (χ1) is 10.5. The minimum Gasteiger partial charge on any atom is -0.352 e. The second kappa shape index (κ2) is 6.89. The zero-order valence-electron chi connectivity index (χ0n) is 12.7. The third kappa shape index (κ3) is 3.94. The van der Waals surface area contributed by atoms with Gasteiger partial charge in [0, 0.05) is 43.0 Å². The number of pyridine rings is 2. The summed E-state index contributed by atoms with van der Waals surface area (Å²) in [5.74, 6) is -0.199. The van der Waals surface area contributed by atoms with Gasteiger partial charge in [0.15, 0.2) is 0 Å². The first-order valence-corrected chi connectivity index (χ1v) is 7.09. The summed E-state index contributed by atoms with van der Waals surface area (Å²) >= 11 is 0. The van der Waals surface area contributed by atoms with Gasteiger partial charge in [0.05, 0.1) is 0 Å². The van der Waals surface area contributed by atoms with Gasteiger partial charge in [-0.25, -0.2) is 0 Å². The highest BCUT2D eigenvalue weighted by atomic mass is 16.2. The van der Waals surface area contributed by atoms with Crippen molar-refractivity contribution < 1.29 is 4.79 Å². The van der Waals surface area contributed by atoms with Crippen LogP contribution in [-0.2, 0) is 17.9 Å². The molecule has 0 atom stereocenters. The van der Waals surface area contributed by atoms with Gasteiger partial charge in [0.2, 0.25) is 5.91 Å². The van der Waals surface area contributed by atoms with Gasteiger partial charge >= 0.3 is 0 Å². The molecule has 0 unspecified atom stereocenters. The molecule has 2 rings (SSSR count). The van der Waals surface area contributed by atoms with Crippen molar-refractivity contribution in [1.29, 1.82) is 0 Å². The van der Waals surface area contributed by atoms with Crippen LogP contribution in [-0.4, -0.2) is 15.5 Å². The van der Waals surface area contributed by atoms with Crippen LogP contribution in [0.4, 0.5) is 0 Å². The minimum atomic E-state index is -0.199. The lowest BCUT2D eigenvalue weighted by molar-refractivity contribution is -0.121. The van der Waals surface area contributed by atoms with Crippen LogP contribution in [0.5, 0.6) is 0 Å². The molecule has 6 nitrogen and oxygen atoms in total. The van der Waals surface area contributed by atoms with Gasteiger partial charge in [-0.2, -0.15) is 0 Å². The number of aromatic nitrogens is 2. The van der Waals surface area contributed by atoms with Crippen molar-refractivity contribution >= 4 is 5.91 Å². The highest BCUT2D eigenvalue weighted by Crippen LogP contribution is 2.03. The number of H-pyrrole nitrogens is 1. The van der Waals surface area contributed by atoms with Gasteiger partial charge in [0.25, 0.3) is 11.1 Å². The highest BCUT2D eigenvalue weighted by molar-refractivity contribution is 5.75. The molecule has 6 heteroatoms. The van der Waals surface area contributed by atoms with Gasteiger partial charge in [-0.05, 0) is 31.5 Å². The average molecular weight is 301 g/mol. The summed E-state index contributed by atoms with van der Waals surface area (Å²) in [6.07, 6.45) is 1.83. The van der Waals surface area contributed by atoms with E-state index in [4.69, 9.17) is 0 Å². The molecule has 2 heterocycles. The zero-order valence-corrected chi connectivity index (χ0v) is 12.7. The van der Waals surface area contributed by atoms with Crippen LogP contribution in [0.15, 0.2) is 40.1 Å². The maximum atomic E-state index is 11.9. The van der Waals surface area contributed by atoms with Crippen molar-refractivity contribution in [2.75, 3.05) is 0 Å². The third-order valence-electron chi connectivity index (χ3n) is 3.43. The van der Waals surface area contributed by atoms with E-state index in [0.29, 0.717) is 12.1 Å². The number of aromatic amines is 1. The molecule has 0 aliphatic heterocycles. The van der Waals surface area contributed by atoms with Gasteiger partial charge in [-0.1, -0.05) is 6.07 Å². The molecule has 2 N–H and O–H groups in total. The summed E-state index contributed by atoms with van der Waals surface area (Å²) in [6, 6.07) is 6.72. The van der Waals surface area contributed by atoms with Crippen molar-refractivity contribution in [3.8, 4) is 0 Å². The maximum absolute atomic E-state index is 11.9. The Morgan fingerprint density at radius 3 is 2.73 bits per heavy atom. The molecule has 116 valence electrons. The van der Waals surface area contributed by atoms with E-state index < -0.39 is 0 Å². The fourth-order valence-corrected chi connectivity index (χ4v) is 2.24. The van der Waals surface area contributed by atoms with Crippen molar-refractivity contribution in [2.24, 2.45) is 0 Å². The molecule has 0 fully saturated rings. The summed E-state index contributed by atoms with van der Waals surface area (Å²) in [7, 11) is 0. The molecule has 0 aliphatic carbocycles. The van der Waals surface area contributed by atoms with Crippen LogP contribution in [0.25, 0.3) is 0 Å². The smallest absolute Gasteiger partial charge is 0.253 e. The second-order valence-electron chi connectivity index (χ2n) is 5.20. The monoisotopic (exact) mass is 301 g/mol. The van der Waals surface area contributed by atoms with E-state index in [9.17, 15) is 14.4 Å². The Kier molecular flexibility index (Phi) is 4.93. The Labute approximate surface area is 127 Å². The molecule has 0 saturated heterocycles. The fourth-order valence-electron chi connectivity index (χ4n) is 2.24. The molecule has 0 radical (unpaired) electrons. The van der Waals surface area contributed by atoms with E-state index in [-0.39, 0.29) is 30.0 Å². The Hall–Kier alpha value is -2.63. The van der Waals surface area contributed by atoms with E-state index in [1.165, 1.54) is 10.6 Å². The molecule has 0 saturated carbocycles. The Bertz CT molecular complexity index is 790. The number of nitrogens with zero attached hydrogens (tertiary/aromatic N) is 1. The fraction of sp³-hybridized carbons (Fsp3) is 0.312. The van der Waals surface area contributed by atoms with Crippen molar-refractivity contribution in [2.45, 2.75) is 33.4 Å². The number of aryl methyl sites for hydroxylation is 3. The number of hydrogen-bond acceptors (Lipinski definition) is 3. The maximum Gasteiger partial charge on any atom is 0.253 e. The van der Waals surface area contributed by atoms with E-state index >= 15 is 0 Å². The molecular formula is C16H19N3O3. The molecule has 1 amide bonds. The van der Waals surface area contributed by atoms with E-state index in [2.05, 4.69) is 10.3 Å². The summed E-state index contributed by atoms with van der Waals surface area (Å²) in [5, 5.41) is 2.72. The van der Waals surface area contributed by atoms with Crippen LogP contribution >= 0.6 is 0 Å². The number of nitrogens with one attached hydrogen (secondary N) is 2. The normalized spacial score (nSPS) is 10.5. The molecule has 0 aromatic carbocycles. The number of rotatable bonds is 5. The van der Waals surface area contributed by atoms with Gasteiger partial charge in [-0.3, -0.25) is 14.4 Å². The summed E-state index contributed by atoms with van der Waals surface area (Å²) < 4.78 is 1.48. The summed E-state index contributed by atoms with van der Waals surface area (Å²) in [5.41, 5.74) is 1.87. The Morgan fingerprint density at radius 2 is 2.05 bits per heavy atom. The predicted molar refractivity (Wildman–Crippen MR) is 83.7 cm³/mol. The van der Waals surface area contributed by atoms with E-state index in [1.54, 1.807) is 18.3 Å². The van der Waals surface area contributed by atoms with Crippen molar-refractivity contribution in [3.63, 3.8) is 0 Å². The quantitative estimate of drug-likeness (QED) is 0.859. The first kappa shape index (κ1) is 15.8. The van der Waals surface area contributed by atoms with Crippen LogP contribution in [0.3, 0.4) is 0 Å². The van der Waals surface area contributed by atoms with E-state index in [0.717, 1.165) is 11.3 Å². The third-order valence-corrected chi connectivity index (χ3v) is 3.43. The summed E-state index contributed by atoms with van der Waals surface area (Å²) in [4.78, 5) is 37.9. The Morgan fingerprint density at radius 1 is 1.27 bits per heavy atom. The first-order valence-electron chi connectivity index (χ1n) is 7.09.